The van der Waals surface area contributed by atoms with Gasteiger partial charge in [-0.2, -0.15) is 0 Å². The molecular weight excluding hydrogens is 627 g/mol. The van der Waals surface area contributed by atoms with Gasteiger partial charge in [-0.05, 0) is 54.7 Å². The number of furan rings is 1. The van der Waals surface area contributed by atoms with Crippen LogP contribution in [0.4, 0.5) is 0 Å². The molecule has 0 N–H and O–H groups in total. The number of aromatic nitrogens is 5. The van der Waals surface area contributed by atoms with Crippen molar-refractivity contribution in [2.45, 2.75) is 26.2 Å². The van der Waals surface area contributed by atoms with Gasteiger partial charge in [-0.15, -0.1) is 0 Å². The lowest BCUT2D eigenvalue weighted by atomic mass is 9.80. The second kappa shape index (κ2) is 12.7. The summed E-state index contributed by atoms with van der Waals surface area (Å²) in [5, 5.41) is 0.969. The fraction of sp³-hybridized carbons (Fsp3) is 0.0889. The van der Waals surface area contributed by atoms with E-state index in [2.05, 4.69) is 74.5 Å². The fourth-order valence-electron chi connectivity index (χ4n) is 7.15. The van der Waals surface area contributed by atoms with E-state index in [0.29, 0.717) is 23.1 Å². The Balaban J connectivity index is 1.23. The predicted octanol–water partition coefficient (Wildman–Crippen LogP) is 11.1. The third kappa shape index (κ3) is 5.51. The maximum atomic E-state index is 6.52. The van der Waals surface area contributed by atoms with Crippen molar-refractivity contribution in [2.24, 2.45) is 0 Å². The first kappa shape index (κ1) is 30.5. The summed E-state index contributed by atoms with van der Waals surface area (Å²) in [5.74, 6) is 2.65. The third-order valence-electron chi connectivity index (χ3n) is 9.67. The zero-order valence-corrected chi connectivity index (χ0v) is 28.3. The molecule has 1 unspecified atom stereocenters. The molecule has 0 saturated carbocycles. The molecule has 0 radical (unpaired) electrons. The maximum Gasteiger partial charge on any atom is 0.180 e. The van der Waals surface area contributed by atoms with Crippen molar-refractivity contribution in [3.63, 3.8) is 0 Å². The Bertz CT molecular complexity index is 2570. The molecule has 1 aliphatic rings. The van der Waals surface area contributed by atoms with Gasteiger partial charge in [0, 0.05) is 33.6 Å². The molecule has 244 valence electrons. The molecule has 6 nitrogen and oxygen atoms in total. The van der Waals surface area contributed by atoms with Crippen LogP contribution in [0.3, 0.4) is 0 Å². The van der Waals surface area contributed by atoms with Gasteiger partial charge in [-0.1, -0.05) is 133 Å². The van der Waals surface area contributed by atoms with Gasteiger partial charge >= 0.3 is 0 Å². The molecule has 1 atom stereocenters. The Labute approximate surface area is 296 Å². The van der Waals surface area contributed by atoms with E-state index < -0.39 is 0 Å². The average Bonchev–Trinajstić information content (AvgIpc) is 3.57. The highest BCUT2D eigenvalue weighted by atomic mass is 16.3. The SMILES string of the molecule is CC1=C(c2cccc(-c3nc(-c4ccccc4)nc4c3oc3ccccc34)c2C)C(c2nc(-c3ccccc3)nc(-c3ccccc3)n2)CC=C1. The third-order valence-corrected chi connectivity index (χ3v) is 9.67. The molecule has 0 bridgehead atoms. The minimum atomic E-state index is -0.0895. The van der Waals surface area contributed by atoms with E-state index in [4.69, 9.17) is 29.3 Å². The van der Waals surface area contributed by atoms with E-state index in [9.17, 15) is 0 Å². The van der Waals surface area contributed by atoms with E-state index in [-0.39, 0.29) is 5.92 Å². The highest BCUT2D eigenvalue weighted by Crippen LogP contribution is 2.44. The summed E-state index contributed by atoms with van der Waals surface area (Å²) < 4.78 is 6.52. The summed E-state index contributed by atoms with van der Waals surface area (Å²) in [7, 11) is 0. The first-order valence-corrected chi connectivity index (χ1v) is 17.2. The lowest BCUT2D eigenvalue weighted by molar-refractivity contribution is 0.667. The number of benzene rings is 5. The molecule has 51 heavy (non-hydrogen) atoms. The summed E-state index contributed by atoms with van der Waals surface area (Å²) in [5.41, 5.74) is 11.5. The summed E-state index contributed by atoms with van der Waals surface area (Å²) >= 11 is 0. The topological polar surface area (TPSA) is 77.6 Å². The van der Waals surface area contributed by atoms with Crippen molar-refractivity contribution in [3.8, 4) is 45.4 Å². The molecule has 5 aromatic carbocycles. The molecule has 0 saturated heterocycles. The second-order valence-corrected chi connectivity index (χ2v) is 12.9. The van der Waals surface area contributed by atoms with Crippen LogP contribution in [0.15, 0.2) is 156 Å². The summed E-state index contributed by atoms with van der Waals surface area (Å²) in [6.07, 6.45) is 5.21. The number of hydrogen-bond acceptors (Lipinski definition) is 6. The van der Waals surface area contributed by atoms with Crippen LogP contribution in [0.25, 0.3) is 73.1 Å². The maximum absolute atomic E-state index is 6.52. The standard InChI is InChI=1S/C45H33N5O/c1-28-16-14-26-36(45-49-43(31-19-8-4-9-20-31)48-44(50-45)32-21-10-5-11-22-32)38(28)33-24-15-25-34(29(33)2)39-41-40(35-23-12-13-27-37(35)51-41)47-42(46-39)30-17-6-3-7-18-30/h3-25,27,36H,26H2,1-2H3. The Morgan fingerprint density at radius 2 is 1.12 bits per heavy atom. The minimum Gasteiger partial charge on any atom is -0.452 e. The smallest absolute Gasteiger partial charge is 0.180 e. The molecule has 0 amide bonds. The van der Waals surface area contributed by atoms with Crippen molar-refractivity contribution >= 4 is 27.6 Å². The van der Waals surface area contributed by atoms with Crippen LogP contribution in [-0.4, -0.2) is 24.9 Å². The summed E-state index contributed by atoms with van der Waals surface area (Å²) in [4.78, 5) is 25.5. The van der Waals surface area contributed by atoms with Crippen LogP contribution in [0.2, 0.25) is 0 Å². The number of fused-ring (bicyclic) bond motifs is 3. The predicted molar refractivity (Wildman–Crippen MR) is 205 cm³/mol. The average molecular weight is 660 g/mol. The van der Waals surface area contributed by atoms with Gasteiger partial charge in [0.25, 0.3) is 0 Å². The monoisotopic (exact) mass is 659 g/mol. The minimum absolute atomic E-state index is 0.0895. The number of hydrogen-bond donors (Lipinski definition) is 0. The molecule has 0 spiro atoms. The van der Waals surface area contributed by atoms with Gasteiger partial charge in [0.2, 0.25) is 0 Å². The van der Waals surface area contributed by atoms with Crippen LogP contribution in [0.5, 0.6) is 0 Å². The first-order chi connectivity index (χ1) is 25.1. The molecule has 0 fully saturated rings. The van der Waals surface area contributed by atoms with Gasteiger partial charge in [0.05, 0.1) is 0 Å². The molecular formula is C45H33N5O. The van der Waals surface area contributed by atoms with Crippen molar-refractivity contribution in [3.05, 3.63) is 168 Å². The normalized spacial score (nSPS) is 14.4. The van der Waals surface area contributed by atoms with Crippen LogP contribution in [0.1, 0.15) is 36.2 Å². The van der Waals surface area contributed by atoms with Crippen molar-refractivity contribution in [1.29, 1.82) is 0 Å². The van der Waals surface area contributed by atoms with E-state index in [0.717, 1.165) is 67.8 Å². The Morgan fingerprint density at radius 1 is 0.549 bits per heavy atom. The van der Waals surface area contributed by atoms with E-state index in [1.165, 1.54) is 11.1 Å². The Morgan fingerprint density at radius 3 is 1.76 bits per heavy atom. The first-order valence-electron chi connectivity index (χ1n) is 17.2. The highest BCUT2D eigenvalue weighted by Gasteiger charge is 2.28. The van der Waals surface area contributed by atoms with Crippen LogP contribution in [-0.2, 0) is 0 Å². The lowest BCUT2D eigenvalue weighted by Gasteiger charge is -2.26. The molecule has 3 aromatic heterocycles. The van der Waals surface area contributed by atoms with Crippen LogP contribution < -0.4 is 0 Å². The summed E-state index contributed by atoms with van der Waals surface area (Å²) in [6.45, 7) is 4.36. The zero-order chi connectivity index (χ0) is 34.3. The quantitative estimate of drug-likeness (QED) is 0.177. The van der Waals surface area contributed by atoms with E-state index in [1.54, 1.807) is 0 Å². The largest absolute Gasteiger partial charge is 0.452 e. The van der Waals surface area contributed by atoms with Crippen molar-refractivity contribution < 1.29 is 4.42 Å². The van der Waals surface area contributed by atoms with Crippen LogP contribution >= 0.6 is 0 Å². The van der Waals surface area contributed by atoms with Crippen molar-refractivity contribution in [2.75, 3.05) is 0 Å². The van der Waals surface area contributed by atoms with Gasteiger partial charge < -0.3 is 4.42 Å². The molecule has 0 aliphatic heterocycles. The van der Waals surface area contributed by atoms with Crippen molar-refractivity contribution in [1.82, 2.24) is 24.9 Å². The van der Waals surface area contributed by atoms with Crippen LogP contribution in [0, 0.1) is 6.92 Å². The lowest BCUT2D eigenvalue weighted by Crippen LogP contribution is -2.13. The number of rotatable bonds is 6. The molecule has 3 heterocycles. The van der Waals surface area contributed by atoms with Gasteiger partial charge in [-0.3, -0.25) is 0 Å². The van der Waals surface area contributed by atoms with Gasteiger partial charge in [0.15, 0.2) is 23.1 Å². The second-order valence-electron chi connectivity index (χ2n) is 12.9. The summed E-state index contributed by atoms with van der Waals surface area (Å²) in [6, 6.07) is 44.9. The van der Waals surface area contributed by atoms with E-state index >= 15 is 0 Å². The highest BCUT2D eigenvalue weighted by molar-refractivity contribution is 6.07. The molecule has 8 aromatic rings. The number of allylic oxidation sites excluding steroid dienone is 4. The molecule has 6 heteroatoms. The number of nitrogens with zero attached hydrogens (tertiary/aromatic N) is 5. The van der Waals surface area contributed by atoms with Gasteiger partial charge in [0.1, 0.15) is 22.6 Å². The van der Waals surface area contributed by atoms with E-state index in [1.807, 2.05) is 84.9 Å². The Hall–Kier alpha value is -6.53. The number of para-hydroxylation sites is 1. The Kier molecular flexibility index (Phi) is 7.62. The van der Waals surface area contributed by atoms with Gasteiger partial charge in [-0.25, -0.2) is 24.9 Å². The zero-order valence-electron chi connectivity index (χ0n) is 28.3. The fourth-order valence-corrected chi connectivity index (χ4v) is 7.15. The molecule has 9 rings (SSSR count). The molecule has 1 aliphatic carbocycles.